The van der Waals surface area contributed by atoms with Gasteiger partial charge in [-0.15, -0.1) is 11.3 Å². The molecule has 0 radical (unpaired) electrons. The molecule has 0 bridgehead atoms. The molecule has 0 aliphatic heterocycles. The van der Waals surface area contributed by atoms with Crippen LogP contribution >= 0.6 is 22.7 Å². The maximum atomic E-state index is 12.2. The summed E-state index contributed by atoms with van der Waals surface area (Å²) in [6.45, 7) is 0.919. The predicted molar refractivity (Wildman–Crippen MR) is 84.2 cm³/mol. The van der Waals surface area contributed by atoms with Gasteiger partial charge in [0.05, 0.1) is 5.69 Å². The van der Waals surface area contributed by atoms with E-state index in [1.165, 1.54) is 35.5 Å². The number of anilines is 1. The molecular formula is C13H16N2O2S3. The Morgan fingerprint density at radius 1 is 1.25 bits per heavy atom. The molecule has 0 atom stereocenters. The molecule has 20 heavy (non-hydrogen) atoms. The molecule has 2 aromatic rings. The van der Waals surface area contributed by atoms with E-state index in [0.717, 1.165) is 17.8 Å². The Morgan fingerprint density at radius 3 is 2.80 bits per heavy atom. The van der Waals surface area contributed by atoms with Crippen LogP contribution in [0, 0.1) is 0 Å². The molecule has 0 saturated heterocycles. The van der Waals surface area contributed by atoms with Crippen molar-refractivity contribution < 1.29 is 8.42 Å². The van der Waals surface area contributed by atoms with Gasteiger partial charge in [0.1, 0.15) is 4.21 Å². The van der Waals surface area contributed by atoms with Gasteiger partial charge in [-0.25, -0.2) is 8.42 Å². The first-order valence-electron chi connectivity index (χ1n) is 6.50. The summed E-state index contributed by atoms with van der Waals surface area (Å²) in [6.07, 6.45) is 3.43. The molecule has 1 saturated carbocycles. The van der Waals surface area contributed by atoms with Crippen LogP contribution in [0.1, 0.15) is 17.7 Å². The van der Waals surface area contributed by atoms with Crippen LogP contribution in [0.3, 0.4) is 0 Å². The molecule has 1 aliphatic rings. The van der Waals surface area contributed by atoms with E-state index in [1.54, 1.807) is 17.5 Å². The summed E-state index contributed by atoms with van der Waals surface area (Å²) >= 11 is 2.82. The van der Waals surface area contributed by atoms with Crippen LogP contribution in [0.15, 0.2) is 33.2 Å². The standard InChI is InChI=1S/C13H16N2O2S3/c16-20(17,15-11-6-8-18-9-11)13-4-3-12(19-13)5-7-14-10-1-2-10/h3-4,6,8-10,14-15H,1-2,5,7H2. The van der Waals surface area contributed by atoms with Crippen LogP contribution in [0.5, 0.6) is 0 Å². The zero-order valence-corrected chi connectivity index (χ0v) is 13.3. The average Bonchev–Trinajstić information content (AvgIpc) is 2.90. The Hall–Kier alpha value is -0.890. The minimum atomic E-state index is -3.44. The minimum absolute atomic E-state index is 0.380. The monoisotopic (exact) mass is 328 g/mol. The number of hydrogen-bond donors (Lipinski definition) is 2. The van der Waals surface area contributed by atoms with E-state index >= 15 is 0 Å². The molecular weight excluding hydrogens is 312 g/mol. The van der Waals surface area contributed by atoms with Gasteiger partial charge in [0.25, 0.3) is 10.0 Å². The fourth-order valence-electron chi connectivity index (χ4n) is 1.85. The lowest BCUT2D eigenvalue weighted by Gasteiger charge is -2.03. The van der Waals surface area contributed by atoms with E-state index < -0.39 is 10.0 Å². The van der Waals surface area contributed by atoms with Gasteiger partial charge in [-0.3, -0.25) is 4.72 Å². The van der Waals surface area contributed by atoms with Gasteiger partial charge in [0.2, 0.25) is 0 Å². The Labute approximate surface area is 126 Å². The van der Waals surface area contributed by atoms with Gasteiger partial charge in [-0.05, 0) is 42.8 Å². The second-order valence-electron chi connectivity index (χ2n) is 4.82. The highest BCUT2D eigenvalue weighted by Crippen LogP contribution is 2.25. The van der Waals surface area contributed by atoms with Crippen molar-refractivity contribution in [3.63, 3.8) is 0 Å². The maximum absolute atomic E-state index is 12.2. The van der Waals surface area contributed by atoms with Gasteiger partial charge in [0.15, 0.2) is 0 Å². The van der Waals surface area contributed by atoms with Crippen molar-refractivity contribution in [3.8, 4) is 0 Å². The maximum Gasteiger partial charge on any atom is 0.271 e. The SMILES string of the molecule is O=S(=O)(Nc1ccsc1)c1ccc(CCNC2CC2)s1. The molecule has 1 aliphatic carbocycles. The number of sulfonamides is 1. The lowest BCUT2D eigenvalue weighted by Crippen LogP contribution is -2.18. The van der Waals surface area contributed by atoms with Gasteiger partial charge in [-0.2, -0.15) is 11.3 Å². The highest BCUT2D eigenvalue weighted by Gasteiger charge is 2.20. The third kappa shape index (κ3) is 3.60. The molecule has 7 heteroatoms. The van der Waals surface area contributed by atoms with Gasteiger partial charge in [-0.1, -0.05) is 0 Å². The summed E-state index contributed by atoms with van der Waals surface area (Å²) in [7, 11) is -3.44. The normalized spacial score (nSPS) is 15.4. The van der Waals surface area contributed by atoms with Crippen molar-refractivity contribution in [1.29, 1.82) is 0 Å². The molecule has 0 unspecified atom stereocenters. The number of nitrogens with one attached hydrogen (secondary N) is 2. The molecule has 1 fully saturated rings. The van der Waals surface area contributed by atoms with E-state index in [-0.39, 0.29) is 0 Å². The Bertz CT molecular complexity index is 658. The molecule has 0 amide bonds. The fraction of sp³-hybridized carbons (Fsp3) is 0.385. The fourth-order valence-corrected chi connectivity index (χ4v) is 4.92. The average molecular weight is 328 g/mol. The highest BCUT2D eigenvalue weighted by molar-refractivity contribution is 7.94. The lowest BCUT2D eigenvalue weighted by molar-refractivity contribution is 0.603. The summed E-state index contributed by atoms with van der Waals surface area (Å²) in [5.74, 6) is 0. The molecule has 108 valence electrons. The molecule has 2 heterocycles. The van der Waals surface area contributed by atoms with Crippen LogP contribution in [0.25, 0.3) is 0 Å². The molecule has 0 spiro atoms. The van der Waals surface area contributed by atoms with Crippen LogP contribution in [-0.2, 0) is 16.4 Å². The number of hydrogen-bond acceptors (Lipinski definition) is 5. The minimum Gasteiger partial charge on any atom is -0.314 e. The summed E-state index contributed by atoms with van der Waals surface area (Å²) in [4.78, 5) is 1.10. The van der Waals surface area contributed by atoms with Crippen LogP contribution in [-0.4, -0.2) is 21.0 Å². The zero-order valence-electron chi connectivity index (χ0n) is 10.8. The smallest absolute Gasteiger partial charge is 0.271 e. The van der Waals surface area contributed by atoms with Crippen molar-refractivity contribution in [1.82, 2.24) is 5.32 Å². The summed E-state index contributed by atoms with van der Waals surface area (Å²) < 4.78 is 27.4. The summed E-state index contributed by atoms with van der Waals surface area (Å²) in [5.41, 5.74) is 0.625. The largest absolute Gasteiger partial charge is 0.314 e. The van der Waals surface area contributed by atoms with Crippen molar-refractivity contribution in [2.75, 3.05) is 11.3 Å². The predicted octanol–water partition coefficient (Wildman–Crippen LogP) is 2.90. The molecule has 4 nitrogen and oxygen atoms in total. The van der Waals surface area contributed by atoms with Crippen LogP contribution in [0.2, 0.25) is 0 Å². The Balaban J connectivity index is 1.62. The highest BCUT2D eigenvalue weighted by atomic mass is 32.2. The van der Waals surface area contributed by atoms with E-state index in [4.69, 9.17) is 0 Å². The second-order valence-corrected chi connectivity index (χ2v) is 8.67. The van der Waals surface area contributed by atoms with E-state index in [2.05, 4.69) is 10.0 Å². The summed E-state index contributed by atoms with van der Waals surface area (Å²) in [5, 5.41) is 7.06. The van der Waals surface area contributed by atoms with Crippen molar-refractivity contribution in [2.45, 2.75) is 29.5 Å². The van der Waals surface area contributed by atoms with E-state index in [0.29, 0.717) is 15.9 Å². The van der Waals surface area contributed by atoms with E-state index in [1.807, 2.05) is 11.4 Å². The summed E-state index contributed by atoms with van der Waals surface area (Å²) in [6, 6.07) is 6.04. The first-order chi connectivity index (χ1) is 9.63. The van der Waals surface area contributed by atoms with Crippen molar-refractivity contribution in [3.05, 3.63) is 33.8 Å². The quantitative estimate of drug-likeness (QED) is 0.821. The Morgan fingerprint density at radius 2 is 2.10 bits per heavy atom. The number of rotatable bonds is 7. The van der Waals surface area contributed by atoms with Crippen molar-refractivity contribution >= 4 is 38.4 Å². The zero-order chi connectivity index (χ0) is 14.0. The van der Waals surface area contributed by atoms with Gasteiger partial charge < -0.3 is 5.32 Å². The first kappa shape index (κ1) is 14.1. The Kier molecular flexibility index (Phi) is 4.11. The van der Waals surface area contributed by atoms with Gasteiger partial charge >= 0.3 is 0 Å². The van der Waals surface area contributed by atoms with Crippen molar-refractivity contribution in [2.24, 2.45) is 0 Å². The van der Waals surface area contributed by atoms with E-state index in [9.17, 15) is 8.42 Å². The molecule has 2 N–H and O–H groups in total. The third-order valence-electron chi connectivity index (χ3n) is 3.06. The molecule has 3 rings (SSSR count). The van der Waals surface area contributed by atoms with Crippen LogP contribution in [0.4, 0.5) is 5.69 Å². The topological polar surface area (TPSA) is 58.2 Å². The van der Waals surface area contributed by atoms with Gasteiger partial charge in [0, 0.05) is 22.8 Å². The van der Waals surface area contributed by atoms with Crippen LogP contribution < -0.4 is 10.0 Å². The number of thiophene rings is 2. The second kappa shape index (κ2) is 5.85. The first-order valence-corrected chi connectivity index (χ1v) is 9.75. The molecule has 2 aromatic heterocycles. The molecule has 0 aromatic carbocycles. The third-order valence-corrected chi connectivity index (χ3v) is 6.76. The lowest BCUT2D eigenvalue weighted by atomic mass is 10.3.